The molecule has 1 aromatic rings. The Bertz CT molecular complexity index is 432. The highest BCUT2D eigenvalue weighted by Crippen LogP contribution is 2.29. The van der Waals surface area contributed by atoms with Crippen molar-refractivity contribution in [2.24, 2.45) is 5.73 Å². The molecule has 0 saturated carbocycles. The third-order valence-electron chi connectivity index (χ3n) is 2.95. The summed E-state index contributed by atoms with van der Waals surface area (Å²) >= 11 is 0. The maximum absolute atomic E-state index is 13.2. The van der Waals surface area contributed by atoms with Gasteiger partial charge in [-0.3, -0.25) is 0 Å². The summed E-state index contributed by atoms with van der Waals surface area (Å²) in [6.07, 6.45) is -5.36. The number of rotatable bonds is 6. The molecule has 0 spiro atoms. The molecule has 0 saturated heterocycles. The number of alkyl halides is 4. The Balaban J connectivity index is 2.94. The van der Waals surface area contributed by atoms with E-state index in [0.29, 0.717) is 12.0 Å². The van der Waals surface area contributed by atoms with E-state index in [4.69, 9.17) is 5.73 Å². The molecule has 2 nitrogen and oxygen atoms in total. The highest BCUT2D eigenvalue weighted by atomic mass is 19.4. The van der Waals surface area contributed by atoms with Crippen LogP contribution < -0.4 is 10.5 Å². The quantitative estimate of drug-likeness (QED) is 0.806. The second-order valence-corrected chi connectivity index (χ2v) is 4.93. The van der Waals surface area contributed by atoms with Crippen molar-refractivity contribution >= 4 is 0 Å². The topological polar surface area (TPSA) is 35.2 Å². The van der Waals surface area contributed by atoms with Gasteiger partial charge in [-0.15, -0.1) is 13.2 Å². The van der Waals surface area contributed by atoms with E-state index in [1.807, 2.05) is 13.8 Å². The minimum atomic E-state index is -4.73. The molecule has 6 heteroatoms. The molecule has 0 fully saturated rings. The lowest BCUT2D eigenvalue weighted by Crippen LogP contribution is -2.18. The Labute approximate surface area is 115 Å². The minimum Gasteiger partial charge on any atom is -0.406 e. The summed E-state index contributed by atoms with van der Waals surface area (Å²) in [5.41, 5.74) is 6.76. The molecular weight excluding hydrogens is 274 g/mol. The van der Waals surface area contributed by atoms with Crippen LogP contribution in [0.3, 0.4) is 0 Å². The van der Waals surface area contributed by atoms with Crippen LogP contribution >= 0.6 is 0 Å². The van der Waals surface area contributed by atoms with Gasteiger partial charge in [0.05, 0.1) is 0 Å². The second-order valence-electron chi connectivity index (χ2n) is 4.93. The molecule has 2 N–H and O–H groups in total. The Morgan fingerprint density at radius 2 is 1.90 bits per heavy atom. The lowest BCUT2D eigenvalue weighted by Gasteiger charge is -2.16. The average molecular weight is 293 g/mol. The lowest BCUT2D eigenvalue weighted by atomic mass is 9.93. The van der Waals surface area contributed by atoms with Crippen molar-refractivity contribution in [2.45, 2.75) is 45.1 Å². The smallest absolute Gasteiger partial charge is 0.406 e. The Hall–Kier alpha value is -1.30. The number of halogens is 4. The maximum Gasteiger partial charge on any atom is 0.573 e. The first-order chi connectivity index (χ1) is 9.23. The van der Waals surface area contributed by atoms with Crippen LogP contribution in [0.25, 0.3) is 0 Å². The van der Waals surface area contributed by atoms with Crippen molar-refractivity contribution in [2.75, 3.05) is 6.54 Å². The molecule has 1 atom stereocenters. The summed E-state index contributed by atoms with van der Waals surface area (Å²) in [6.45, 7) is 3.77. The summed E-state index contributed by atoms with van der Waals surface area (Å²) < 4.78 is 53.7. The van der Waals surface area contributed by atoms with Crippen molar-refractivity contribution in [3.63, 3.8) is 0 Å². The van der Waals surface area contributed by atoms with Gasteiger partial charge in [0.2, 0.25) is 0 Å². The molecule has 0 aliphatic rings. The van der Waals surface area contributed by atoms with Gasteiger partial charge in [-0.2, -0.15) is 0 Å². The summed E-state index contributed by atoms with van der Waals surface area (Å²) in [7, 11) is 0. The van der Waals surface area contributed by atoms with Crippen molar-refractivity contribution in [3.05, 3.63) is 29.3 Å². The number of hydrogen-bond donors (Lipinski definition) is 1. The van der Waals surface area contributed by atoms with E-state index in [2.05, 4.69) is 4.74 Å². The Morgan fingerprint density at radius 1 is 1.25 bits per heavy atom. The summed E-state index contributed by atoms with van der Waals surface area (Å²) in [4.78, 5) is 0. The predicted octanol–water partition coefficient (Wildman–Crippen LogP) is 3.94. The molecule has 0 amide bonds. The number of benzene rings is 1. The summed E-state index contributed by atoms with van der Waals surface area (Å²) in [5.74, 6) is -0.138. The first-order valence-electron chi connectivity index (χ1n) is 6.45. The van der Waals surface area contributed by atoms with Gasteiger partial charge >= 0.3 is 6.36 Å². The van der Waals surface area contributed by atoms with Gasteiger partial charge in [-0.05, 0) is 42.0 Å². The van der Waals surface area contributed by atoms with Crippen molar-refractivity contribution < 1.29 is 22.3 Å². The molecule has 1 aromatic carbocycles. The van der Waals surface area contributed by atoms with Crippen LogP contribution in [0, 0.1) is 0 Å². The van der Waals surface area contributed by atoms with Crippen molar-refractivity contribution in [1.82, 2.24) is 0 Å². The molecule has 0 aliphatic carbocycles. The third-order valence-corrected chi connectivity index (χ3v) is 2.95. The number of aryl methyl sites for hydroxylation is 1. The van der Waals surface area contributed by atoms with Crippen LogP contribution in [0.1, 0.15) is 37.3 Å². The first-order valence-corrected chi connectivity index (χ1v) is 6.45. The minimum absolute atomic E-state index is 0.0875. The van der Waals surface area contributed by atoms with E-state index in [0.717, 1.165) is 5.56 Å². The molecule has 0 heterocycles. The van der Waals surface area contributed by atoms with Gasteiger partial charge in [0.25, 0.3) is 0 Å². The number of hydrogen-bond acceptors (Lipinski definition) is 2. The fraction of sp³-hybridized carbons (Fsp3) is 0.571. The second kappa shape index (κ2) is 6.92. The van der Waals surface area contributed by atoms with Gasteiger partial charge in [0.1, 0.15) is 11.9 Å². The lowest BCUT2D eigenvalue weighted by molar-refractivity contribution is -0.274. The van der Waals surface area contributed by atoms with E-state index in [-0.39, 0.29) is 24.6 Å². The molecule has 1 unspecified atom stereocenters. The van der Waals surface area contributed by atoms with Crippen LogP contribution in [-0.2, 0) is 6.42 Å². The molecule has 114 valence electrons. The molecule has 20 heavy (non-hydrogen) atoms. The molecule has 0 aliphatic heterocycles. The highest BCUT2D eigenvalue weighted by Gasteiger charge is 2.31. The monoisotopic (exact) mass is 293 g/mol. The summed E-state index contributed by atoms with van der Waals surface area (Å²) in [6, 6.07) is 4.20. The van der Waals surface area contributed by atoms with Crippen molar-refractivity contribution in [1.29, 1.82) is 0 Å². The number of ether oxygens (including phenoxy) is 1. The van der Waals surface area contributed by atoms with Gasteiger partial charge in [0.15, 0.2) is 0 Å². The fourth-order valence-corrected chi connectivity index (χ4v) is 1.99. The van der Waals surface area contributed by atoms with Gasteiger partial charge in [-0.25, -0.2) is 4.39 Å². The predicted molar refractivity (Wildman–Crippen MR) is 69.5 cm³/mol. The zero-order valence-corrected chi connectivity index (χ0v) is 11.5. The van der Waals surface area contributed by atoms with Crippen LogP contribution in [0.5, 0.6) is 5.75 Å². The molecule has 0 radical (unpaired) electrons. The molecule has 0 aromatic heterocycles. The zero-order chi connectivity index (χ0) is 15.3. The Morgan fingerprint density at radius 3 is 2.40 bits per heavy atom. The third kappa shape index (κ3) is 5.36. The first kappa shape index (κ1) is 16.8. The normalized spacial score (nSPS) is 13.6. The zero-order valence-electron chi connectivity index (χ0n) is 11.5. The van der Waals surface area contributed by atoms with Gasteiger partial charge < -0.3 is 10.5 Å². The highest BCUT2D eigenvalue weighted by molar-refractivity contribution is 5.37. The molecule has 0 bridgehead atoms. The Kier molecular flexibility index (Phi) is 5.80. The summed E-state index contributed by atoms with van der Waals surface area (Å²) in [5, 5.41) is 0. The van der Waals surface area contributed by atoms with Crippen LogP contribution in [0.4, 0.5) is 17.6 Å². The van der Waals surface area contributed by atoms with Gasteiger partial charge in [-0.1, -0.05) is 19.9 Å². The average Bonchev–Trinajstić information content (AvgIpc) is 2.33. The van der Waals surface area contributed by atoms with Crippen LogP contribution in [-0.4, -0.2) is 19.1 Å². The van der Waals surface area contributed by atoms with E-state index in [9.17, 15) is 17.6 Å². The van der Waals surface area contributed by atoms with E-state index >= 15 is 0 Å². The van der Waals surface area contributed by atoms with Gasteiger partial charge in [0, 0.05) is 6.54 Å². The van der Waals surface area contributed by atoms with Crippen molar-refractivity contribution in [3.8, 4) is 5.75 Å². The van der Waals surface area contributed by atoms with E-state index in [1.54, 1.807) is 6.07 Å². The molecule has 1 rings (SSSR count). The van der Waals surface area contributed by atoms with Crippen LogP contribution in [0.15, 0.2) is 18.2 Å². The largest absolute Gasteiger partial charge is 0.573 e. The maximum atomic E-state index is 13.2. The van der Waals surface area contributed by atoms with E-state index in [1.165, 1.54) is 12.1 Å². The van der Waals surface area contributed by atoms with Crippen LogP contribution in [0.2, 0.25) is 0 Å². The SMILES string of the molecule is CC(C)c1ccc(OC(F)(F)F)cc1CCC(F)CN. The number of nitrogens with two attached hydrogens (primary N) is 1. The van der Waals surface area contributed by atoms with E-state index < -0.39 is 12.5 Å². The molecular formula is C14H19F4NO. The fourth-order valence-electron chi connectivity index (χ4n) is 1.99. The standard InChI is InChI=1S/C14H19F4NO/c1-9(2)13-6-5-12(20-14(16,17)18)7-10(13)3-4-11(15)8-19/h5-7,9,11H,3-4,8,19H2,1-2H3.